The zero-order chi connectivity index (χ0) is 9.68. The summed E-state index contributed by atoms with van der Waals surface area (Å²) in [7, 11) is 0. The van der Waals surface area contributed by atoms with Gasteiger partial charge >= 0.3 is 0 Å². The molecule has 0 aliphatic carbocycles. The highest BCUT2D eigenvalue weighted by Crippen LogP contribution is 2.21. The minimum absolute atomic E-state index is 0.330. The fourth-order valence-corrected chi connectivity index (χ4v) is 1.44. The first-order valence-electron chi connectivity index (χ1n) is 4.49. The maximum absolute atomic E-state index is 9.55. The highest BCUT2D eigenvalue weighted by atomic mass is 16.3. The summed E-state index contributed by atoms with van der Waals surface area (Å²) in [4.78, 5) is 0. The quantitative estimate of drug-likeness (QED) is 0.627. The van der Waals surface area contributed by atoms with Crippen molar-refractivity contribution >= 4 is 0 Å². The van der Waals surface area contributed by atoms with Crippen LogP contribution in [-0.2, 0) is 12.8 Å². The van der Waals surface area contributed by atoms with Crippen molar-refractivity contribution in [2.75, 3.05) is 13.1 Å². The van der Waals surface area contributed by atoms with E-state index in [-0.39, 0.29) is 0 Å². The molecule has 0 radical (unpaired) electrons. The molecule has 72 valence electrons. The Kier molecular flexibility index (Phi) is 3.73. The predicted molar refractivity (Wildman–Crippen MR) is 53.6 cm³/mol. The Morgan fingerprint density at radius 3 is 2.38 bits per heavy atom. The molecule has 0 fully saturated rings. The van der Waals surface area contributed by atoms with Crippen LogP contribution in [0.1, 0.15) is 11.1 Å². The Morgan fingerprint density at radius 2 is 1.77 bits per heavy atom. The van der Waals surface area contributed by atoms with Gasteiger partial charge in [-0.2, -0.15) is 0 Å². The summed E-state index contributed by atoms with van der Waals surface area (Å²) < 4.78 is 0. The molecule has 0 heterocycles. The van der Waals surface area contributed by atoms with Gasteiger partial charge in [-0.3, -0.25) is 0 Å². The van der Waals surface area contributed by atoms with Crippen LogP contribution in [0, 0.1) is 0 Å². The molecule has 0 bridgehead atoms. The van der Waals surface area contributed by atoms with E-state index in [4.69, 9.17) is 11.5 Å². The third kappa shape index (κ3) is 2.44. The summed E-state index contributed by atoms with van der Waals surface area (Å²) >= 11 is 0. The maximum atomic E-state index is 9.55. The van der Waals surface area contributed by atoms with Crippen LogP contribution in [0.25, 0.3) is 0 Å². The number of hydrogen-bond donors (Lipinski definition) is 3. The molecule has 0 amide bonds. The fraction of sp³-hybridized carbons (Fsp3) is 0.400. The van der Waals surface area contributed by atoms with Crippen LogP contribution in [-0.4, -0.2) is 18.2 Å². The molecular formula is C10H16N2O. The van der Waals surface area contributed by atoms with E-state index in [2.05, 4.69) is 0 Å². The molecule has 0 atom stereocenters. The molecule has 1 rings (SSSR count). The Labute approximate surface area is 78.4 Å². The van der Waals surface area contributed by atoms with Crippen molar-refractivity contribution in [1.82, 2.24) is 0 Å². The summed E-state index contributed by atoms with van der Waals surface area (Å²) in [6.07, 6.45) is 1.51. The van der Waals surface area contributed by atoms with Gasteiger partial charge in [-0.05, 0) is 43.1 Å². The van der Waals surface area contributed by atoms with Gasteiger partial charge in [0.15, 0.2) is 0 Å². The van der Waals surface area contributed by atoms with Gasteiger partial charge in [-0.1, -0.05) is 12.1 Å². The van der Waals surface area contributed by atoms with E-state index in [1.165, 1.54) is 0 Å². The van der Waals surface area contributed by atoms with Crippen molar-refractivity contribution < 1.29 is 5.11 Å². The number of nitrogens with two attached hydrogens (primary N) is 2. The maximum Gasteiger partial charge on any atom is 0.119 e. The molecule has 1 aromatic rings. The Bertz CT molecular complexity index is 274. The highest BCUT2D eigenvalue weighted by molar-refractivity contribution is 5.39. The first-order valence-corrected chi connectivity index (χ1v) is 4.49. The molecule has 0 spiro atoms. The molecule has 3 nitrogen and oxygen atoms in total. The smallest absolute Gasteiger partial charge is 0.119 e. The molecule has 3 heteroatoms. The van der Waals surface area contributed by atoms with Crippen LogP contribution in [0.3, 0.4) is 0 Å². The standard InChI is InChI=1S/C10H16N2O/c11-6-4-8-2-1-3-10(13)9(8)5-7-12/h1-3,13H,4-7,11-12H2. The van der Waals surface area contributed by atoms with Crippen molar-refractivity contribution in [3.05, 3.63) is 29.3 Å². The molecule has 0 unspecified atom stereocenters. The van der Waals surface area contributed by atoms with Gasteiger partial charge in [-0.15, -0.1) is 0 Å². The Balaban J connectivity index is 2.95. The number of benzene rings is 1. The van der Waals surface area contributed by atoms with Crippen molar-refractivity contribution in [2.45, 2.75) is 12.8 Å². The van der Waals surface area contributed by atoms with E-state index in [1.54, 1.807) is 6.07 Å². The van der Waals surface area contributed by atoms with E-state index in [9.17, 15) is 5.11 Å². The van der Waals surface area contributed by atoms with Gasteiger partial charge in [0.25, 0.3) is 0 Å². The Morgan fingerprint density at radius 1 is 1.08 bits per heavy atom. The zero-order valence-electron chi connectivity index (χ0n) is 7.66. The summed E-state index contributed by atoms with van der Waals surface area (Å²) in [6.45, 7) is 1.15. The fourth-order valence-electron chi connectivity index (χ4n) is 1.44. The van der Waals surface area contributed by atoms with Gasteiger partial charge in [-0.25, -0.2) is 0 Å². The van der Waals surface area contributed by atoms with Gasteiger partial charge in [0.05, 0.1) is 0 Å². The normalized spacial score (nSPS) is 10.3. The van der Waals surface area contributed by atoms with Gasteiger partial charge in [0.2, 0.25) is 0 Å². The minimum atomic E-state index is 0.330. The van der Waals surface area contributed by atoms with Crippen LogP contribution in [0.4, 0.5) is 0 Å². The van der Waals surface area contributed by atoms with Gasteiger partial charge in [0, 0.05) is 0 Å². The van der Waals surface area contributed by atoms with E-state index in [1.807, 2.05) is 12.1 Å². The second-order valence-electron chi connectivity index (χ2n) is 2.99. The first kappa shape index (κ1) is 10.0. The molecule has 1 aromatic carbocycles. The SMILES string of the molecule is NCCc1cccc(O)c1CCN. The molecule has 0 aromatic heterocycles. The zero-order valence-corrected chi connectivity index (χ0v) is 7.66. The lowest BCUT2D eigenvalue weighted by Gasteiger charge is -2.09. The van der Waals surface area contributed by atoms with Gasteiger partial charge < -0.3 is 16.6 Å². The third-order valence-electron chi connectivity index (χ3n) is 2.06. The monoisotopic (exact) mass is 180 g/mol. The summed E-state index contributed by atoms with van der Waals surface area (Å²) in [5, 5.41) is 9.55. The van der Waals surface area contributed by atoms with Crippen LogP contribution in [0.15, 0.2) is 18.2 Å². The molecule has 5 N–H and O–H groups in total. The van der Waals surface area contributed by atoms with Crippen LogP contribution < -0.4 is 11.5 Å². The minimum Gasteiger partial charge on any atom is -0.508 e. The third-order valence-corrected chi connectivity index (χ3v) is 2.06. The van der Waals surface area contributed by atoms with E-state index in [0.717, 1.165) is 17.5 Å². The van der Waals surface area contributed by atoms with Crippen molar-refractivity contribution in [1.29, 1.82) is 0 Å². The topological polar surface area (TPSA) is 72.3 Å². The molecule has 0 saturated carbocycles. The number of hydrogen-bond acceptors (Lipinski definition) is 3. The Hall–Kier alpha value is -1.06. The molecule has 0 aliphatic heterocycles. The number of phenols is 1. The largest absolute Gasteiger partial charge is 0.508 e. The van der Waals surface area contributed by atoms with Crippen molar-refractivity contribution in [3.63, 3.8) is 0 Å². The molecular weight excluding hydrogens is 164 g/mol. The van der Waals surface area contributed by atoms with Crippen LogP contribution in [0.2, 0.25) is 0 Å². The molecule has 0 saturated heterocycles. The van der Waals surface area contributed by atoms with E-state index >= 15 is 0 Å². The van der Waals surface area contributed by atoms with Gasteiger partial charge in [0.1, 0.15) is 5.75 Å². The second kappa shape index (κ2) is 4.84. The van der Waals surface area contributed by atoms with E-state index < -0.39 is 0 Å². The van der Waals surface area contributed by atoms with Crippen LogP contribution in [0.5, 0.6) is 5.75 Å². The number of rotatable bonds is 4. The lowest BCUT2D eigenvalue weighted by molar-refractivity contribution is 0.467. The highest BCUT2D eigenvalue weighted by Gasteiger charge is 2.05. The van der Waals surface area contributed by atoms with Crippen molar-refractivity contribution in [2.24, 2.45) is 11.5 Å². The molecule has 13 heavy (non-hydrogen) atoms. The lowest BCUT2D eigenvalue weighted by atomic mass is 10.0. The summed E-state index contributed by atoms with van der Waals surface area (Å²) in [5.74, 6) is 0.330. The number of phenolic OH excluding ortho intramolecular Hbond substituents is 1. The average Bonchev–Trinajstić information content (AvgIpc) is 2.11. The molecule has 0 aliphatic rings. The lowest BCUT2D eigenvalue weighted by Crippen LogP contribution is -2.09. The van der Waals surface area contributed by atoms with E-state index in [0.29, 0.717) is 25.3 Å². The predicted octanol–water partition coefficient (Wildman–Crippen LogP) is 0.395. The summed E-state index contributed by atoms with van der Waals surface area (Å²) in [5.41, 5.74) is 13.0. The first-order chi connectivity index (χ1) is 6.29. The number of aromatic hydroxyl groups is 1. The second-order valence-corrected chi connectivity index (χ2v) is 2.99. The van der Waals surface area contributed by atoms with Crippen molar-refractivity contribution in [3.8, 4) is 5.75 Å². The summed E-state index contributed by atoms with van der Waals surface area (Å²) in [6, 6.07) is 5.50. The average molecular weight is 180 g/mol. The van der Waals surface area contributed by atoms with Crippen LogP contribution >= 0.6 is 0 Å².